The van der Waals surface area contributed by atoms with Crippen molar-refractivity contribution in [2.75, 3.05) is 7.11 Å². The van der Waals surface area contributed by atoms with Gasteiger partial charge in [0.05, 0.1) is 23.6 Å². The van der Waals surface area contributed by atoms with Crippen LogP contribution in [0.1, 0.15) is 37.5 Å². The Morgan fingerprint density at radius 3 is 2.22 bits per heavy atom. The predicted octanol–water partition coefficient (Wildman–Crippen LogP) is 6.10. The lowest BCUT2D eigenvalue weighted by Crippen LogP contribution is -2.54. The number of nitrogens with one attached hydrogen (secondary N) is 1. The van der Waals surface area contributed by atoms with Crippen LogP contribution in [-0.2, 0) is 29.0 Å². The summed E-state index contributed by atoms with van der Waals surface area (Å²) in [7, 11) is 1.60. The number of rotatable bonds is 9. The van der Waals surface area contributed by atoms with Gasteiger partial charge in [0.2, 0.25) is 11.8 Å². The summed E-state index contributed by atoms with van der Waals surface area (Å²) < 4.78 is 5.38. The molecule has 0 aromatic heterocycles. The first kappa shape index (κ1) is 27.6. The van der Waals surface area contributed by atoms with Gasteiger partial charge in [-0.2, -0.15) is 0 Å². The molecule has 3 aromatic carbocycles. The van der Waals surface area contributed by atoms with Crippen LogP contribution in [0.3, 0.4) is 0 Å². The Balaban J connectivity index is 2.01. The number of methoxy groups -OCH3 is 1. The number of carbonyl (C=O) groups excluding carboxylic acids is 2. The van der Waals surface area contributed by atoms with Crippen LogP contribution >= 0.6 is 23.2 Å². The molecule has 36 heavy (non-hydrogen) atoms. The fraction of sp³-hybridized carbons (Fsp3) is 0.310. The third-order valence-electron chi connectivity index (χ3n) is 5.60. The van der Waals surface area contributed by atoms with Gasteiger partial charge in [-0.3, -0.25) is 9.59 Å². The second kappa shape index (κ2) is 12.3. The Bertz CT molecular complexity index is 1190. The maximum Gasteiger partial charge on any atom is 0.243 e. The number of ether oxygens (including phenoxy) is 1. The van der Waals surface area contributed by atoms with Crippen molar-refractivity contribution < 1.29 is 14.3 Å². The highest BCUT2D eigenvalue weighted by Crippen LogP contribution is 2.24. The molecule has 0 aliphatic rings. The minimum absolute atomic E-state index is 0.0783. The maximum absolute atomic E-state index is 13.8. The third-order valence-corrected chi connectivity index (χ3v) is 6.33. The number of benzene rings is 3. The van der Waals surface area contributed by atoms with Crippen molar-refractivity contribution in [3.05, 3.63) is 99.5 Å². The van der Waals surface area contributed by atoms with Crippen LogP contribution in [0.5, 0.6) is 5.75 Å². The molecule has 0 aliphatic carbocycles. The fourth-order valence-electron chi connectivity index (χ4n) is 3.90. The van der Waals surface area contributed by atoms with Crippen molar-refractivity contribution in [1.29, 1.82) is 0 Å². The molecule has 190 valence electrons. The largest absolute Gasteiger partial charge is 0.497 e. The van der Waals surface area contributed by atoms with Crippen molar-refractivity contribution >= 4 is 35.0 Å². The van der Waals surface area contributed by atoms with E-state index in [0.717, 1.165) is 16.7 Å². The number of carbonyl (C=O) groups is 2. The second-order valence-electron chi connectivity index (χ2n) is 9.74. The Kier molecular flexibility index (Phi) is 9.41. The third kappa shape index (κ3) is 8.00. The highest BCUT2D eigenvalue weighted by atomic mass is 35.5. The second-order valence-corrected chi connectivity index (χ2v) is 10.6. The summed E-state index contributed by atoms with van der Waals surface area (Å²) in [4.78, 5) is 29.1. The standard InChI is InChI=1S/C29H32Cl2N2O3/c1-29(2,3)32-28(35)26(17-20-9-6-5-7-10-20)33(19-22-11-8-12-23(15-22)36-4)27(34)18-21-13-14-24(30)25(31)16-21/h5-16,26H,17-19H2,1-4H3,(H,32,35)/t26-/m0/s1. The number of hydrogen-bond donors (Lipinski definition) is 1. The van der Waals surface area contributed by atoms with Gasteiger partial charge in [0.1, 0.15) is 11.8 Å². The van der Waals surface area contributed by atoms with Gasteiger partial charge in [-0.25, -0.2) is 0 Å². The fourth-order valence-corrected chi connectivity index (χ4v) is 4.22. The van der Waals surface area contributed by atoms with Crippen molar-refractivity contribution in [2.45, 2.75) is 51.7 Å². The molecule has 5 nitrogen and oxygen atoms in total. The number of amides is 2. The summed E-state index contributed by atoms with van der Waals surface area (Å²) in [6.07, 6.45) is 0.453. The quantitative estimate of drug-likeness (QED) is 0.366. The van der Waals surface area contributed by atoms with Crippen LogP contribution in [-0.4, -0.2) is 35.4 Å². The van der Waals surface area contributed by atoms with Crippen LogP contribution in [0.2, 0.25) is 10.0 Å². The smallest absolute Gasteiger partial charge is 0.243 e. The molecule has 0 saturated heterocycles. The lowest BCUT2D eigenvalue weighted by atomic mass is 9.99. The highest BCUT2D eigenvalue weighted by Gasteiger charge is 2.32. The molecule has 0 unspecified atom stereocenters. The van der Waals surface area contributed by atoms with Crippen LogP contribution in [0, 0.1) is 0 Å². The van der Waals surface area contributed by atoms with Crippen LogP contribution in [0.15, 0.2) is 72.8 Å². The monoisotopic (exact) mass is 526 g/mol. The molecule has 3 aromatic rings. The van der Waals surface area contributed by atoms with Gasteiger partial charge < -0.3 is 15.0 Å². The van der Waals surface area contributed by atoms with Crippen molar-refractivity contribution in [3.8, 4) is 5.75 Å². The molecular formula is C29H32Cl2N2O3. The van der Waals surface area contributed by atoms with E-state index in [1.54, 1.807) is 30.2 Å². The van der Waals surface area contributed by atoms with Crippen LogP contribution in [0.4, 0.5) is 0 Å². The summed E-state index contributed by atoms with van der Waals surface area (Å²) in [5.41, 5.74) is 2.09. The zero-order chi connectivity index (χ0) is 26.3. The van der Waals surface area contributed by atoms with Crippen LogP contribution in [0.25, 0.3) is 0 Å². The van der Waals surface area contributed by atoms with Gasteiger partial charge in [0.25, 0.3) is 0 Å². The van der Waals surface area contributed by atoms with E-state index >= 15 is 0 Å². The van der Waals surface area contributed by atoms with Gasteiger partial charge in [-0.05, 0) is 61.7 Å². The van der Waals surface area contributed by atoms with E-state index in [0.29, 0.717) is 22.2 Å². The SMILES string of the molecule is COc1cccc(CN(C(=O)Cc2ccc(Cl)c(Cl)c2)[C@@H](Cc2ccccc2)C(=O)NC(C)(C)C)c1. The van der Waals surface area contributed by atoms with Gasteiger partial charge in [-0.1, -0.05) is 71.7 Å². The Morgan fingerprint density at radius 1 is 0.889 bits per heavy atom. The molecule has 0 heterocycles. The molecule has 0 spiro atoms. The lowest BCUT2D eigenvalue weighted by molar-refractivity contribution is -0.141. The van der Waals surface area contributed by atoms with Crippen molar-refractivity contribution in [1.82, 2.24) is 10.2 Å². The zero-order valence-corrected chi connectivity index (χ0v) is 22.6. The first-order valence-corrected chi connectivity index (χ1v) is 12.5. The molecule has 1 atom stereocenters. The zero-order valence-electron chi connectivity index (χ0n) is 21.1. The van der Waals surface area contributed by atoms with E-state index in [1.165, 1.54) is 0 Å². The summed E-state index contributed by atoms with van der Waals surface area (Å²) in [5.74, 6) is 0.279. The van der Waals surface area contributed by atoms with Gasteiger partial charge in [-0.15, -0.1) is 0 Å². The van der Waals surface area contributed by atoms with E-state index in [9.17, 15) is 9.59 Å². The van der Waals surface area contributed by atoms with E-state index in [4.69, 9.17) is 27.9 Å². The predicted molar refractivity (Wildman–Crippen MR) is 146 cm³/mol. The molecule has 0 fully saturated rings. The normalized spacial score (nSPS) is 12.1. The first-order valence-electron chi connectivity index (χ1n) is 11.8. The molecule has 0 bridgehead atoms. The minimum Gasteiger partial charge on any atom is -0.497 e. The molecule has 1 N–H and O–H groups in total. The van der Waals surface area contributed by atoms with E-state index in [1.807, 2.05) is 75.4 Å². The molecule has 2 amide bonds. The average Bonchev–Trinajstić information content (AvgIpc) is 2.83. The molecule has 0 radical (unpaired) electrons. The first-order chi connectivity index (χ1) is 17.1. The van der Waals surface area contributed by atoms with Gasteiger partial charge in [0, 0.05) is 18.5 Å². The Labute approximate surface area is 223 Å². The summed E-state index contributed by atoms with van der Waals surface area (Å²) >= 11 is 12.3. The van der Waals surface area contributed by atoms with E-state index < -0.39 is 11.6 Å². The highest BCUT2D eigenvalue weighted by molar-refractivity contribution is 6.42. The Hall–Kier alpha value is -3.02. The summed E-state index contributed by atoms with van der Waals surface area (Å²) in [6.45, 7) is 6.02. The number of hydrogen-bond acceptors (Lipinski definition) is 3. The number of nitrogens with zero attached hydrogens (tertiary/aromatic N) is 1. The lowest BCUT2D eigenvalue weighted by Gasteiger charge is -2.34. The molecule has 0 aliphatic heterocycles. The van der Waals surface area contributed by atoms with Crippen molar-refractivity contribution in [3.63, 3.8) is 0 Å². The van der Waals surface area contributed by atoms with E-state index in [2.05, 4.69) is 5.32 Å². The number of halogens is 2. The summed E-state index contributed by atoms with van der Waals surface area (Å²) in [5, 5.41) is 3.87. The van der Waals surface area contributed by atoms with E-state index in [-0.39, 0.29) is 24.8 Å². The molecule has 0 saturated carbocycles. The Morgan fingerprint density at radius 2 is 1.58 bits per heavy atom. The van der Waals surface area contributed by atoms with Crippen molar-refractivity contribution in [2.24, 2.45) is 0 Å². The van der Waals surface area contributed by atoms with Gasteiger partial charge in [0.15, 0.2) is 0 Å². The molecular weight excluding hydrogens is 495 g/mol. The average molecular weight is 527 g/mol. The minimum atomic E-state index is -0.729. The molecule has 7 heteroatoms. The summed E-state index contributed by atoms with van der Waals surface area (Å²) in [6, 6.07) is 21.6. The molecule has 3 rings (SSSR count). The topological polar surface area (TPSA) is 58.6 Å². The van der Waals surface area contributed by atoms with Crippen LogP contribution < -0.4 is 10.1 Å². The maximum atomic E-state index is 13.8. The van der Waals surface area contributed by atoms with Gasteiger partial charge >= 0.3 is 0 Å².